The average Bonchev–Trinajstić information content (AvgIpc) is 2.23. The molecule has 0 aliphatic carbocycles. The lowest BCUT2D eigenvalue weighted by Gasteiger charge is -2.09. The van der Waals surface area contributed by atoms with Gasteiger partial charge < -0.3 is 5.32 Å². The number of rotatable bonds is 8. The predicted molar refractivity (Wildman–Crippen MR) is 65.6 cm³/mol. The summed E-state index contributed by atoms with van der Waals surface area (Å²) in [7, 11) is 1.62. The van der Waals surface area contributed by atoms with Gasteiger partial charge in [-0.25, -0.2) is 0 Å². The van der Waals surface area contributed by atoms with Gasteiger partial charge in [-0.3, -0.25) is 4.79 Å². The molecule has 1 N–H and O–H groups in total. The number of ketones is 1. The van der Waals surface area contributed by atoms with Gasteiger partial charge in [-0.15, -0.1) is 0 Å². The third kappa shape index (κ3) is 6.94. The van der Waals surface area contributed by atoms with Crippen LogP contribution in [0, 0.1) is 17.2 Å². The van der Waals surface area contributed by atoms with Crippen molar-refractivity contribution in [2.24, 2.45) is 5.92 Å². The van der Waals surface area contributed by atoms with Crippen LogP contribution in [0.5, 0.6) is 0 Å². The fraction of sp³-hybridized carbons (Fsp3) is 0.545. The van der Waals surface area contributed by atoms with Crippen LogP contribution in [0.3, 0.4) is 0 Å². The minimum Gasteiger partial charge on any atom is -0.316 e. The lowest BCUT2D eigenvalue weighted by Crippen LogP contribution is -2.25. The number of carbonyl (C=O) groups excluding carboxylic acids is 1. The largest absolute Gasteiger partial charge is 0.316 e. The molecule has 0 aliphatic rings. The molecular weight excluding hydrogens is 204 g/mol. The minimum absolute atomic E-state index is 0.0280. The minimum atomic E-state index is 0.0280. The number of carbonyl (C=O) groups is 1. The maximum atomic E-state index is 11.1. The molecule has 0 aliphatic heterocycles. The lowest BCUT2D eigenvalue weighted by molar-refractivity contribution is -0.108. The summed E-state index contributed by atoms with van der Waals surface area (Å²) in [4.78, 5) is 11.1. The van der Waals surface area contributed by atoms with Gasteiger partial charge in [0.05, 0.1) is 6.07 Å². The maximum absolute atomic E-state index is 11.1. The van der Waals surface area contributed by atoms with E-state index in [1.807, 2.05) is 6.92 Å². The average molecular weight is 222 g/mol. The summed E-state index contributed by atoms with van der Waals surface area (Å²) in [5, 5.41) is 12.5. The van der Waals surface area contributed by atoms with E-state index in [4.69, 9.17) is 5.26 Å². The molecule has 0 radical (unpaired) electrons. The highest BCUT2D eigenvalue weighted by atomic mass is 28.1. The van der Waals surface area contributed by atoms with Crippen LogP contribution in [-0.4, -0.2) is 33.9 Å². The van der Waals surface area contributed by atoms with Gasteiger partial charge in [0.2, 0.25) is 0 Å². The zero-order chi connectivity index (χ0) is 11.7. The Kier molecular flexibility index (Phi) is 7.69. The summed E-state index contributed by atoms with van der Waals surface area (Å²) in [6.45, 7) is 7.08. The second-order valence-corrected chi connectivity index (χ2v) is 4.45. The van der Waals surface area contributed by atoms with Gasteiger partial charge in [-0.05, 0) is 46.5 Å². The molecule has 0 aromatic heterocycles. The molecule has 0 aromatic carbocycles. The van der Waals surface area contributed by atoms with E-state index in [1.54, 1.807) is 9.85 Å². The molecule has 1 atom stereocenters. The van der Waals surface area contributed by atoms with E-state index in [0.29, 0.717) is 12.3 Å². The normalized spacial score (nSPS) is 11.5. The summed E-state index contributed by atoms with van der Waals surface area (Å²) in [5.41, 5.74) is 0. The van der Waals surface area contributed by atoms with Gasteiger partial charge in [0.1, 0.15) is 0 Å². The molecule has 0 spiro atoms. The molecule has 82 valence electrons. The second-order valence-electron chi connectivity index (χ2n) is 3.59. The van der Waals surface area contributed by atoms with Crippen molar-refractivity contribution in [3.63, 3.8) is 0 Å². The highest BCUT2D eigenvalue weighted by Gasteiger charge is 2.03. The molecule has 0 amide bonds. The molecule has 0 rings (SSSR count). The van der Waals surface area contributed by atoms with Crippen LogP contribution in [0.15, 0.2) is 12.7 Å². The first-order valence-corrected chi connectivity index (χ1v) is 5.74. The Morgan fingerprint density at radius 1 is 1.73 bits per heavy atom. The van der Waals surface area contributed by atoms with Crippen molar-refractivity contribution >= 4 is 20.8 Å². The Labute approximate surface area is 94.2 Å². The van der Waals surface area contributed by atoms with Crippen molar-refractivity contribution in [2.75, 3.05) is 13.1 Å². The van der Waals surface area contributed by atoms with E-state index in [-0.39, 0.29) is 5.78 Å². The second kappa shape index (κ2) is 8.27. The summed E-state index contributed by atoms with van der Waals surface area (Å²) >= 11 is 0. The fourth-order valence-electron chi connectivity index (χ4n) is 1.08. The Bertz CT molecular complexity index is 281. The molecule has 0 heterocycles. The van der Waals surface area contributed by atoms with Crippen LogP contribution in [0.1, 0.15) is 19.8 Å². The highest BCUT2D eigenvalue weighted by molar-refractivity contribution is 6.65. The van der Waals surface area contributed by atoms with Crippen LogP contribution in [0.4, 0.5) is 0 Å². The summed E-state index contributed by atoms with van der Waals surface area (Å²) in [5.74, 6) is 0.396. The smallest absolute Gasteiger partial charge is 0.176 e. The molecule has 0 unspecified atom stereocenters. The van der Waals surface area contributed by atoms with Gasteiger partial charge in [0.25, 0.3) is 0 Å². The maximum Gasteiger partial charge on any atom is 0.176 e. The summed E-state index contributed by atoms with van der Waals surface area (Å²) in [6.07, 6.45) is 2.67. The molecule has 0 aromatic rings. The van der Waals surface area contributed by atoms with E-state index >= 15 is 0 Å². The molecule has 0 bridgehead atoms. The van der Waals surface area contributed by atoms with Crippen molar-refractivity contribution in [3.05, 3.63) is 12.7 Å². The van der Waals surface area contributed by atoms with Crippen molar-refractivity contribution in [1.82, 2.24) is 5.32 Å². The lowest BCUT2D eigenvalue weighted by atomic mass is 10.1. The van der Waals surface area contributed by atoms with E-state index < -0.39 is 0 Å². The van der Waals surface area contributed by atoms with Crippen LogP contribution < -0.4 is 5.32 Å². The third-order valence-electron chi connectivity index (χ3n) is 2.07. The number of allylic oxidation sites excluding steroid dienone is 1. The molecule has 0 saturated heterocycles. The topological polar surface area (TPSA) is 52.9 Å². The summed E-state index contributed by atoms with van der Waals surface area (Å²) < 4.78 is 0. The molecule has 3 nitrogen and oxygen atoms in total. The monoisotopic (exact) mass is 222 g/mol. The van der Waals surface area contributed by atoms with E-state index in [1.165, 1.54) is 6.08 Å². The number of nitrogens with one attached hydrogen (secondary N) is 1. The van der Waals surface area contributed by atoms with Crippen molar-refractivity contribution in [1.29, 1.82) is 5.26 Å². The Morgan fingerprint density at radius 3 is 2.93 bits per heavy atom. The van der Waals surface area contributed by atoms with Crippen molar-refractivity contribution in [2.45, 2.75) is 19.8 Å². The SMILES string of the molecule is C=CC(=O)C(=[SiH2])CCNC[C@@H](C)CC#N. The highest BCUT2D eigenvalue weighted by Crippen LogP contribution is 1.97. The standard InChI is InChI=1S/C11H18N2OSi/c1-3-10(14)11(15)5-7-13-8-9(2)4-6-12/h3,9,13H,1,4-5,7-8,15H2,2H3/t9-/m0/s1. The first-order valence-electron chi connectivity index (χ1n) is 5.04. The van der Waals surface area contributed by atoms with Crippen LogP contribution in [0.25, 0.3) is 0 Å². The molecular formula is C11H18N2OSi. The molecule has 15 heavy (non-hydrogen) atoms. The first kappa shape index (κ1) is 13.9. The van der Waals surface area contributed by atoms with Crippen LogP contribution in [-0.2, 0) is 4.79 Å². The van der Waals surface area contributed by atoms with E-state index in [2.05, 4.69) is 18.0 Å². The molecule has 0 saturated carbocycles. The quantitative estimate of drug-likeness (QED) is 0.359. The number of hydrogen-bond acceptors (Lipinski definition) is 3. The van der Waals surface area contributed by atoms with Gasteiger partial charge in [-0.2, -0.15) is 5.26 Å². The zero-order valence-corrected chi connectivity index (χ0v) is 10.7. The number of nitrogens with zero attached hydrogens (tertiary/aromatic N) is 1. The van der Waals surface area contributed by atoms with Crippen LogP contribution >= 0.6 is 0 Å². The van der Waals surface area contributed by atoms with Gasteiger partial charge in [0.15, 0.2) is 5.78 Å². The van der Waals surface area contributed by atoms with Gasteiger partial charge >= 0.3 is 0 Å². The molecule has 0 fully saturated rings. The zero-order valence-electron chi connectivity index (χ0n) is 9.25. The first-order chi connectivity index (χ1) is 7.11. The van der Waals surface area contributed by atoms with Gasteiger partial charge in [-0.1, -0.05) is 13.5 Å². The fourth-order valence-corrected chi connectivity index (χ4v) is 1.40. The van der Waals surface area contributed by atoms with E-state index in [9.17, 15) is 4.79 Å². The van der Waals surface area contributed by atoms with E-state index in [0.717, 1.165) is 24.7 Å². The van der Waals surface area contributed by atoms with Crippen LogP contribution in [0.2, 0.25) is 0 Å². The van der Waals surface area contributed by atoms with Gasteiger partial charge in [0, 0.05) is 6.42 Å². The Morgan fingerprint density at radius 2 is 2.40 bits per heavy atom. The predicted octanol–water partition coefficient (Wildman–Crippen LogP) is 0.0765. The third-order valence-corrected chi connectivity index (χ3v) is 2.77. The summed E-state index contributed by atoms with van der Waals surface area (Å²) in [6, 6.07) is 2.13. The Hall–Kier alpha value is -1.05. The van der Waals surface area contributed by atoms with Crippen molar-refractivity contribution < 1.29 is 4.79 Å². The number of nitriles is 1. The molecule has 4 heteroatoms. The van der Waals surface area contributed by atoms with Crippen molar-refractivity contribution in [3.8, 4) is 6.07 Å². The number of hydrogen-bond donors (Lipinski definition) is 1. The Balaban J connectivity index is 3.55.